The van der Waals surface area contributed by atoms with Crippen molar-refractivity contribution in [2.45, 2.75) is 25.9 Å². The van der Waals surface area contributed by atoms with Crippen LogP contribution in [0.3, 0.4) is 0 Å². The normalized spacial score (nSPS) is 17.2. The highest BCUT2D eigenvalue weighted by Gasteiger charge is 2.25. The van der Waals surface area contributed by atoms with Crippen LogP contribution in [0, 0.1) is 11.7 Å². The first-order valence-electron chi connectivity index (χ1n) is 9.91. The summed E-state index contributed by atoms with van der Waals surface area (Å²) < 4.78 is 25.3. The van der Waals surface area contributed by atoms with Crippen LogP contribution in [-0.2, 0) is 17.9 Å². The van der Waals surface area contributed by atoms with Gasteiger partial charge >= 0.3 is 0 Å². The zero-order chi connectivity index (χ0) is 20.2. The van der Waals surface area contributed by atoms with Crippen molar-refractivity contribution in [3.8, 4) is 11.5 Å². The Bertz CT molecular complexity index is 867. The van der Waals surface area contributed by atoms with Crippen molar-refractivity contribution in [3.05, 3.63) is 57.8 Å². The highest BCUT2D eigenvalue weighted by Crippen LogP contribution is 2.36. The molecular formula is C22H24BrFN2O3. The summed E-state index contributed by atoms with van der Waals surface area (Å²) in [5.74, 6) is 1.41. The Morgan fingerprint density at radius 1 is 1.10 bits per heavy atom. The van der Waals surface area contributed by atoms with Crippen molar-refractivity contribution in [3.63, 3.8) is 0 Å². The average molecular weight is 463 g/mol. The van der Waals surface area contributed by atoms with E-state index in [0.717, 1.165) is 59.6 Å². The van der Waals surface area contributed by atoms with Crippen LogP contribution in [0.25, 0.3) is 0 Å². The number of carbonyl (C=O) groups is 1. The van der Waals surface area contributed by atoms with E-state index < -0.39 is 0 Å². The molecule has 2 heterocycles. The number of nitrogens with one attached hydrogen (secondary N) is 1. The number of halogens is 2. The number of amides is 1. The first-order chi connectivity index (χ1) is 14.1. The monoisotopic (exact) mass is 462 g/mol. The highest BCUT2D eigenvalue weighted by atomic mass is 79.9. The van der Waals surface area contributed by atoms with E-state index in [0.29, 0.717) is 19.8 Å². The lowest BCUT2D eigenvalue weighted by atomic mass is 9.95. The van der Waals surface area contributed by atoms with Crippen molar-refractivity contribution in [2.24, 2.45) is 5.92 Å². The van der Waals surface area contributed by atoms with Crippen molar-refractivity contribution in [1.82, 2.24) is 10.2 Å². The summed E-state index contributed by atoms with van der Waals surface area (Å²) in [5.41, 5.74) is 2.06. The maximum Gasteiger partial charge on any atom is 0.223 e. The van der Waals surface area contributed by atoms with Gasteiger partial charge in [0.05, 0.1) is 0 Å². The first kappa shape index (κ1) is 20.2. The Morgan fingerprint density at radius 2 is 1.76 bits per heavy atom. The second-order valence-corrected chi connectivity index (χ2v) is 8.34. The van der Waals surface area contributed by atoms with Gasteiger partial charge in [-0.1, -0.05) is 28.1 Å². The summed E-state index contributed by atoms with van der Waals surface area (Å²) in [6.07, 6.45) is 1.66. The number of hydrogen-bond acceptors (Lipinski definition) is 4. The number of likely N-dealkylation sites (tertiary alicyclic amines) is 1. The molecule has 0 radical (unpaired) electrons. The molecule has 2 aromatic rings. The number of nitrogens with zero attached hydrogens (tertiary/aromatic N) is 1. The summed E-state index contributed by atoms with van der Waals surface area (Å²) in [6, 6.07) is 10.2. The molecule has 0 unspecified atom stereocenters. The van der Waals surface area contributed by atoms with Gasteiger partial charge in [0.1, 0.15) is 19.0 Å². The highest BCUT2D eigenvalue weighted by molar-refractivity contribution is 9.10. The zero-order valence-corrected chi connectivity index (χ0v) is 17.7. The minimum atomic E-state index is -0.267. The third kappa shape index (κ3) is 5.08. The fraction of sp³-hybridized carbons (Fsp3) is 0.409. The van der Waals surface area contributed by atoms with Crippen LogP contribution in [-0.4, -0.2) is 37.1 Å². The van der Waals surface area contributed by atoms with Crippen molar-refractivity contribution in [1.29, 1.82) is 0 Å². The summed E-state index contributed by atoms with van der Waals surface area (Å²) in [7, 11) is 0. The summed E-state index contributed by atoms with van der Waals surface area (Å²) in [6.45, 7) is 4.14. The van der Waals surface area contributed by atoms with Gasteiger partial charge in [0.25, 0.3) is 0 Å². The molecule has 0 aromatic heterocycles. The second kappa shape index (κ2) is 9.13. The fourth-order valence-corrected chi connectivity index (χ4v) is 4.20. The summed E-state index contributed by atoms with van der Waals surface area (Å²) >= 11 is 3.63. The number of piperidine rings is 1. The Balaban J connectivity index is 1.27. The maximum atomic E-state index is 13.0. The van der Waals surface area contributed by atoms with Crippen LogP contribution in [0.1, 0.15) is 24.0 Å². The molecular weight excluding hydrogens is 439 g/mol. The van der Waals surface area contributed by atoms with E-state index >= 15 is 0 Å². The zero-order valence-electron chi connectivity index (χ0n) is 16.1. The Labute approximate surface area is 178 Å². The molecule has 29 heavy (non-hydrogen) atoms. The van der Waals surface area contributed by atoms with Crippen LogP contribution >= 0.6 is 15.9 Å². The number of carbonyl (C=O) groups excluding carboxylic acids is 1. The van der Waals surface area contributed by atoms with Gasteiger partial charge in [-0.05, 0) is 61.3 Å². The molecule has 0 bridgehead atoms. The average Bonchev–Trinajstić information content (AvgIpc) is 2.74. The quantitative estimate of drug-likeness (QED) is 0.732. The van der Waals surface area contributed by atoms with Crippen molar-refractivity contribution in [2.75, 3.05) is 26.3 Å². The fourth-order valence-electron chi connectivity index (χ4n) is 3.76. The topological polar surface area (TPSA) is 50.8 Å². The van der Waals surface area contributed by atoms with E-state index in [2.05, 4.69) is 26.1 Å². The number of benzene rings is 2. The third-order valence-corrected chi connectivity index (χ3v) is 6.18. The van der Waals surface area contributed by atoms with E-state index in [-0.39, 0.29) is 17.6 Å². The maximum absolute atomic E-state index is 13.0. The first-order valence-corrected chi connectivity index (χ1v) is 10.7. The van der Waals surface area contributed by atoms with Crippen molar-refractivity contribution >= 4 is 21.8 Å². The molecule has 0 atom stereocenters. The second-order valence-electron chi connectivity index (χ2n) is 7.48. The smallest absolute Gasteiger partial charge is 0.223 e. The van der Waals surface area contributed by atoms with Gasteiger partial charge in [-0.25, -0.2) is 4.39 Å². The predicted molar refractivity (Wildman–Crippen MR) is 111 cm³/mol. The van der Waals surface area contributed by atoms with E-state index in [1.165, 1.54) is 12.1 Å². The van der Waals surface area contributed by atoms with Gasteiger partial charge in [0.2, 0.25) is 5.91 Å². The summed E-state index contributed by atoms with van der Waals surface area (Å²) in [5, 5.41) is 2.98. The van der Waals surface area contributed by atoms with Crippen LogP contribution in [0.5, 0.6) is 11.5 Å². The van der Waals surface area contributed by atoms with E-state index in [1.54, 1.807) is 12.1 Å². The molecule has 1 amide bonds. The lowest BCUT2D eigenvalue weighted by molar-refractivity contribution is -0.126. The molecule has 5 nitrogen and oxygen atoms in total. The molecule has 1 N–H and O–H groups in total. The van der Waals surface area contributed by atoms with Gasteiger partial charge in [-0.2, -0.15) is 0 Å². The van der Waals surface area contributed by atoms with Gasteiger partial charge < -0.3 is 14.8 Å². The van der Waals surface area contributed by atoms with Crippen LogP contribution in [0.4, 0.5) is 4.39 Å². The van der Waals surface area contributed by atoms with Crippen LogP contribution in [0.2, 0.25) is 0 Å². The molecule has 7 heteroatoms. The molecule has 1 saturated heterocycles. The van der Waals surface area contributed by atoms with Gasteiger partial charge in [0.15, 0.2) is 11.5 Å². The van der Waals surface area contributed by atoms with Gasteiger partial charge in [-0.15, -0.1) is 0 Å². The molecule has 0 spiro atoms. The van der Waals surface area contributed by atoms with Gasteiger partial charge in [-0.3, -0.25) is 9.69 Å². The molecule has 2 aliphatic rings. The molecule has 4 rings (SSSR count). The number of fused-ring (bicyclic) bond motifs is 1. The molecule has 2 aromatic carbocycles. The minimum Gasteiger partial charge on any atom is -0.486 e. The van der Waals surface area contributed by atoms with E-state index in [4.69, 9.17) is 9.47 Å². The van der Waals surface area contributed by atoms with Crippen molar-refractivity contribution < 1.29 is 18.7 Å². The lowest BCUT2D eigenvalue weighted by Crippen LogP contribution is -2.40. The van der Waals surface area contributed by atoms with E-state index in [1.807, 2.05) is 12.1 Å². The Morgan fingerprint density at radius 3 is 2.45 bits per heavy atom. The molecule has 0 saturated carbocycles. The standard InChI is InChI=1S/C22H24BrFN2O3/c23-19-12-21-20(28-9-10-29-21)11-17(19)14-26-7-5-16(6-8-26)22(27)25-13-15-1-3-18(24)4-2-15/h1-4,11-12,16H,5-10,13-14H2,(H,25,27). The predicted octanol–water partition coefficient (Wildman–Crippen LogP) is 3.89. The lowest BCUT2D eigenvalue weighted by Gasteiger charge is -2.32. The minimum absolute atomic E-state index is 0.0235. The number of hydrogen-bond donors (Lipinski definition) is 1. The number of rotatable bonds is 5. The van der Waals surface area contributed by atoms with Gasteiger partial charge in [0, 0.05) is 23.5 Å². The third-order valence-electron chi connectivity index (χ3n) is 5.44. The van der Waals surface area contributed by atoms with Crippen LogP contribution in [0.15, 0.2) is 40.9 Å². The molecule has 1 fully saturated rings. The Hall–Kier alpha value is -2.12. The number of ether oxygens (including phenoxy) is 2. The molecule has 154 valence electrons. The molecule has 2 aliphatic heterocycles. The van der Waals surface area contributed by atoms with E-state index in [9.17, 15) is 9.18 Å². The SMILES string of the molecule is O=C(NCc1ccc(F)cc1)C1CCN(Cc2cc3c(cc2Br)OCCO3)CC1. The molecule has 0 aliphatic carbocycles. The van der Waals surface area contributed by atoms with Crippen LogP contribution < -0.4 is 14.8 Å². The largest absolute Gasteiger partial charge is 0.486 e. The Kier molecular flexibility index (Phi) is 6.35. The summed E-state index contributed by atoms with van der Waals surface area (Å²) in [4.78, 5) is 14.8.